The topological polar surface area (TPSA) is 88.8 Å². The van der Waals surface area contributed by atoms with Crippen molar-refractivity contribution in [3.63, 3.8) is 0 Å². The van der Waals surface area contributed by atoms with Gasteiger partial charge in [-0.05, 0) is 31.9 Å². The fourth-order valence-corrected chi connectivity index (χ4v) is 4.63. The Kier molecular flexibility index (Phi) is 5.85. The molecule has 0 radical (unpaired) electrons. The maximum atomic E-state index is 13.0. The van der Waals surface area contributed by atoms with Crippen LogP contribution in [0.5, 0.6) is 0 Å². The average molecular weight is 449 g/mol. The van der Waals surface area contributed by atoms with Crippen molar-refractivity contribution in [3.05, 3.63) is 58.9 Å². The van der Waals surface area contributed by atoms with Crippen molar-refractivity contribution in [1.82, 2.24) is 19.8 Å². The molecule has 2 aliphatic heterocycles. The molecule has 8 heteroatoms. The molecule has 2 fully saturated rings. The molecule has 0 aliphatic carbocycles. The number of morpholine rings is 1. The SMILES string of the molecule is Cc1ccc2c(CC(=O)N3CC[C@H](c4ncc(C(=O)N5CCOCC5)c(C)n4)C3)coc2c1. The molecule has 0 bridgehead atoms. The lowest BCUT2D eigenvalue weighted by atomic mass is 10.1. The number of furan rings is 1. The third-order valence-corrected chi connectivity index (χ3v) is 6.59. The van der Waals surface area contributed by atoms with Gasteiger partial charge < -0.3 is 19.0 Å². The monoisotopic (exact) mass is 448 g/mol. The lowest BCUT2D eigenvalue weighted by molar-refractivity contribution is -0.129. The maximum absolute atomic E-state index is 13.0. The van der Waals surface area contributed by atoms with Crippen LogP contribution >= 0.6 is 0 Å². The molecule has 172 valence electrons. The number of aryl methyl sites for hydroxylation is 2. The van der Waals surface area contributed by atoms with Gasteiger partial charge in [-0.1, -0.05) is 12.1 Å². The number of benzene rings is 1. The summed E-state index contributed by atoms with van der Waals surface area (Å²) in [5, 5.41) is 0.990. The van der Waals surface area contributed by atoms with Crippen LogP contribution in [-0.4, -0.2) is 71.0 Å². The first-order chi connectivity index (χ1) is 16.0. The maximum Gasteiger partial charge on any atom is 0.257 e. The van der Waals surface area contributed by atoms with Crippen LogP contribution < -0.4 is 0 Å². The van der Waals surface area contributed by atoms with Gasteiger partial charge in [-0.2, -0.15) is 0 Å². The molecule has 33 heavy (non-hydrogen) atoms. The van der Waals surface area contributed by atoms with E-state index in [0.717, 1.165) is 28.5 Å². The quantitative estimate of drug-likeness (QED) is 0.610. The average Bonchev–Trinajstić information content (AvgIpc) is 3.47. The number of hydrogen-bond acceptors (Lipinski definition) is 6. The van der Waals surface area contributed by atoms with E-state index in [4.69, 9.17) is 9.15 Å². The van der Waals surface area contributed by atoms with Gasteiger partial charge in [-0.3, -0.25) is 9.59 Å². The molecule has 1 aromatic carbocycles. The minimum absolute atomic E-state index is 0.0480. The van der Waals surface area contributed by atoms with E-state index in [1.807, 2.05) is 36.9 Å². The van der Waals surface area contributed by atoms with E-state index in [-0.39, 0.29) is 17.7 Å². The molecule has 0 spiro atoms. The zero-order valence-electron chi connectivity index (χ0n) is 19.0. The Hall–Kier alpha value is -3.26. The number of fused-ring (bicyclic) bond motifs is 1. The number of carbonyl (C=O) groups is 2. The summed E-state index contributed by atoms with van der Waals surface area (Å²) >= 11 is 0. The summed E-state index contributed by atoms with van der Waals surface area (Å²) in [5.74, 6) is 0.805. The molecule has 2 saturated heterocycles. The number of hydrogen-bond donors (Lipinski definition) is 0. The molecule has 4 heterocycles. The Labute approximate surface area is 192 Å². The van der Waals surface area contributed by atoms with Crippen LogP contribution in [0.2, 0.25) is 0 Å². The molecular weight excluding hydrogens is 420 g/mol. The summed E-state index contributed by atoms with van der Waals surface area (Å²) in [7, 11) is 0. The standard InChI is InChI=1S/C25H28N4O4/c1-16-3-4-20-19(15-33-22(20)11-16)12-23(30)29-6-5-18(14-29)24-26-13-21(17(2)27-24)25(31)28-7-9-32-10-8-28/h3-4,11,13,15,18H,5-10,12,14H2,1-2H3/t18-/m0/s1. The summed E-state index contributed by atoms with van der Waals surface area (Å²) in [6, 6.07) is 6.03. The minimum atomic E-state index is -0.0480. The number of likely N-dealkylation sites (tertiary alicyclic amines) is 1. The van der Waals surface area contributed by atoms with Gasteiger partial charge in [-0.25, -0.2) is 9.97 Å². The number of aromatic nitrogens is 2. The summed E-state index contributed by atoms with van der Waals surface area (Å²) in [5.41, 5.74) is 4.07. The van der Waals surface area contributed by atoms with Crippen LogP contribution in [0.3, 0.4) is 0 Å². The number of amides is 2. The second-order valence-electron chi connectivity index (χ2n) is 8.89. The fourth-order valence-electron chi connectivity index (χ4n) is 4.63. The van der Waals surface area contributed by atoms with Crippen molar-refractivity contribution in [2.24, 2.45) is 0 Å². The summed E-state index contributed by atoms with van der Waals surface area (Å²) in [6.07, 6.45) is 4.45. The van der Waals surface area contributed by atoms with Crippen LogP contribution in [0.4, 0.5) is 0 Å². The number of rotatable bonds is 4. The van der Waals surface area contributed by atoms with Crippen LogP contribution in [0, 0.1) is 13.8 Å². The van der Waals surface area contributed by atoms with E-state index in [1.165, 1.54) is 0 Å². The number of carbonyl (C=O) groups excluding carboxylic acids is 2. The zero-order valence-corrected chi connectivity index (χ0v) is 19.0. The Balaban J connectivity index is 1.24. The van der Waals surface area contributed by atoms with E-state index in [0.29, 0.717) is 62.9 Å². The highest BCUT2D eigenvalue weighted by Crippen LogP contribution is 2.28. The summed E-state index contributed by atoms with van der Waals surface area (Å²) < 4.78 is 11.0. The van der Waals surface area contributed by atoms with Crippen molar-refractivity contribution >= 4 is 22.8 Å². The van der Waals surface area contributed by atoms with Gasteiger partial charge in [0.1, 0.15) is 11.4 Å². The molecule has 0 saturated carbocycles. The van der Waals surface area contributed by atoms with Gasteiger partial charge in [-0.15, -0.1) is 0 Å². The van der Waals surface area contributed by atoms with E-state index in [9.17, 15) is 9.59 Å². The Morgan fingerprint density at radius 3 is 2.73 bits per heavy atom. The summed E-state index contributed by atoms with van der Waals surface area (Å²) in [4.78, 5) is 38.6. The van der Waals surface area contributed by atoms with Crippen LogP contribution in [0.25, 0.3) is 11.0 Å². The number of ether oxygens (including phenoxy) is 1. The third kappa shape index (κ3) is 4.35. The first-order valence-electron chi connectivity index (χ1n) is 11.4. The van der Waals surface area contributed by atoms with E-state index >= 15 is 0 Å². The number of nitrogens with zero attached hydrogens (tertiary/aromatic N) is 4. The predicted molar refractivity (Wildman–Crippen MR) is 122 cm³/mol. The molecule has 0 unspecified atom stereocenters. The van der Waals surface area contributed by atoms with Gasteiger partial charge in [0, 0.05) is 49.2 Å². The van der Waals surface area contributed by atoms with Gasteiger partial charge in [0.05, 0.1) is 37.2 Å². The molecule has 5 rings (SSSR count). The lowest BCUT2D eigenvalue weighted by Gasteiger charge is -2.27. The Bertz CT molecular complexity index is 1200. The second-order valence-corrected chi connectivity index (χ2v) is 8.89. The fraction of sp³-hybridized carbons (Fsp3) is 0.440. The lowest BCUT2D eigenvalue weighted by Crippen LogP contribution is -2.41. The van der Waals surface area contributed by atoms with Gasteiger partial charge in [0.15, 0.2) is 0 Å². The molecule has 0 N–H and O–H groups in total. The molecule has 1 atom stereocenters. The summed E-state index contributed by atoms with van der Waals surface area (Å²) in [6.45, 7) is 7.43. The first-order valence-corrected chi connectivity index (χ1v) is 11.4. The minimum Gasteiger partial charge on any atom is -0.464 e. The van der Waals surface area contributed by atoms with Crippen molar-refractivity contribution in [2.75, 3.05) is 39.4 Å². The highest BCUT2D eigenvalue weighted by Gasteiger charge is 2.30. The second kappa shape index (κ2) is 8.94. The smallest absolute Gasteiger partial charge is 0.257 e. The van der Waals surface area contributed by atoms with Crippen molar-refractivity contribution in [2.45, 2.75) is 32.6 Å². The molecule has 2 aromatic heterocycles. The van der Waals surface area contributed by atoms with Crippen molar-refractivity contribution in [3.8, 4) is 0 Å². The van der Waals surface area contributed by atoms with Gasteiger partial charge >= 0.3 is 0 Å². The van der Waals surface area contributed by atoms with Crippen molar-refractivity contribution < 1.29 is 18.7 Å². The predicted octanol–water partition coefficient (Wildman–Crippen LogP) is 2.87. The van der Waals surface area contributed by atoms with E-state index in [2.05, 4.69) is 9.97 Å². The third-order valence-electron chi connectivity index (χ3n) is 6.59. The Morgan fingerprint density at radius 2 is 1.94 bits per heavy atom. The Morgan fingerprint density at radius 1 is 1.12 bits per heavy atom. The zero-order chi connectivity index (χ0) is 22.9. The molecule has 2 amide bonds. The molecular formula is C25H28N4O4. The molecule has 8 nitrogen and oxygen atoms in total. The van der Waals surface area contributed by atoms with Crippen LogP contribution in [0.15, 0.2) is 35.1 Å². The normalized spacial score (nSPS) is 18.8. The largest absolute Gasteiger partial charge is 0.464 e. The molecule has 2 aliphatic rings. The van der Waals surface area contributed by atoms with E-state index < -0.39 is 0 Å². The van der Waals surface area contributed by atoms with Crippen LogP contribution in [0.1, 0.15) is 45.3 Å². The first kappa shape index (κ1) is 21.6. The molecule has 3 aromatic rings. The highest BCUT2D eigenvalue weighted by atomic mass is 16.5. The highest BCUT2D eigenvalue weighted by molar-refractivity contribution is 5.95. The van der Waals surface area contributed by atoms with Gasteiger partial charge in [0.25, 0.3) is 5.91 Å². The van der Waals surface area contributed by atoms with E-state index in [1.54, 1.807) is 17.4 Å². The van der Waals surface area contributed by atoms with Crippen molar-refractivity contribution in [1.29, 1.82) is 0 Å². The van der Waals surface area contributed by atoms with Gasteiger partial charge in [0.2, 0.25) is 5.91 Å². The van der Waals surface area contributed by atoms with Crippen LogP contribution in [-0.2, 0) is 16.0 Å².